The molecule has 0 amide bonds. The molecule has 1 atom stereocenters. The maximum atomic E-state index is 4.65. The number of aryl methyl sites for hydroxylation is 3. The van der Waals surface area contributed by atoms with Crippen LogP contribution in [0.4, 0.5) is 0 Å². The molecule has 2 rings (SSSR count). The van der Waals surface area contributed by atoms with E-state index in [1.807, 2.05) is 0 Å². The minimum absolute atomic E-state index is 0.330. The Hall–Kier alpha value is -0.780. The van der Waals surface area contributed by atoms with Crippen LogP contribution in [0.15, 0.2) is 5.38 Å². The van der Waals surface area contributed by atoms with E-state index in [1.165, 1.54) is 21.3 Å². The third kappa shape index (κ3) is 3.41. The molecule has 2 aromatic heterocycles. The smallest absolute Gasteiger partial charge is 0.0926 e. The van der Waals surface area contributed by atoms with E-state index in [9.17, 15) is 0 Å². The molecule has 0 aliphatic heterocycles. The molecule has 0 saturated carbocycles. The summed E-state index contributed by atoms with van der Waals surface area (Å²) in [5.41, 5.74) is 2.37. The monoisotopic (exact) mass is 295 g/mol. The molecule has 5 heteroatoms. The fourth-order valence-corrected chi connectivity index (χ4v) is 3.76. The van der Waals surface area contributed by atoms with Crippen LogP contribution in [0.1, 0.15) is 46.2 Å². The molecule has 0 aliphatic carbocycles. The van der Waals surface area contributed by atoms with E-state index < -0.39 is 0 Å². The van der Waals surface area contributed by atoms with Crippen LogP contribution >= 0.6 is 22.7 Å². The van der Waals surface area contributed by atoms with Crippen molar-refractivity contribution in [3.05, 3.63) is 31.7 Å². The predicted octanol–water partition coefficient (Wildman–Crippen LogP) is 3.97. The van der Waals surface area contributed by atoms with Crippen molar-refractivity contribution in [3.63, 3.8) is 0 Å². The summed E-state index contributed by atoms with van der Waals surface area (Å²) in [4.78, 5) is 12.9. The quantitative estimate of drug-likeness (QED) is 0.835. The number of aromatic nitrogens is 2. The third-order valence-electron chi connectivity index (χ3n) is 3.31. The molecular weight excluding hydrogens is 274 g/mol. The van der Waals surface area contributed by atoms with Crippen molar-refractivity contribution in [2.75, 3.05) is 7.05 Å². The van der Waals surface area contributed by atoms with E-state index in [-0.39, 0.29) is 0 Å². The van der Waals surface area contributed by atoms with Gasteiger partial charge in [0.05, 0.1) is 27.4 Å². The molecule has 0 aromatic carbocycles. The van der Waals surface area contributed by atoms with Crippen molar-refractivity contribution in [2.24, 2.45) is 0 Å². The number of nitrogens with zero attached hydrogens (tertiary/aromatic N) is 3. The van der Waals surface area contributed by atoms with Gasteiger partial charge in [-0.15, -0.1) is 22.7 Å². The Balaban J connectivity index is 2.06. The molecule has 2 aromatic rings. The summed E-state index contributed by atoms with van der Waals surface area (Å²) < 4.78 is 0. The van der Waals surface area contributed by atoms with Crippen LogP contribution in [-0.2, 0) is 13.0 Å². The van der Waals surface area contributed by atoms with Gasteiger partial charge in [0.25, 0.3) is 0 Å². The zero-order chi connectivity index (χ0) is 14.0. The lowest BCUT2D eigenvalue weighted by molar-refractivity contribution is 0.246. The van der Waals surface area contributed by atoms with Crippen LogP contribution in [-0.4, -0.2) is 21.9 Å². The predicted molar refractivity (Wildman–Crippen MR) is 83.0 cm³/mol. The van der Waals surface area contributed by atoms with Crippen LogP contribution in [0, 0.1) is 13.8 Å². The Morgan fingerprint density at radius 2 is 2.05 bits per heavy atom. The van der Waals surface area contributed by atoms with E-state index >= 15 is 0 Å². The van der Waals surface area contributed by atoms with Crippen molar-refractivity contribution in [1.29, 1.82) is 0 Å². The molecule has 1 unspecified atom stereocenters. The molecule has 0 N–H and O–H groups in total. The first kappa shape index (κ1) is 14.6. The molecule has 2 heterocycles. The molecule has 19 heavy (non-hydrogen) atoms. The topological polar surface area (TPSA) is 29.0 Å². The lowest BCUT2D eigenvalue weighted by Gasteiger charge is -2.23. The van der Waals surface area contributed by atoms with Gasteiger partial charge in [0.2, 0.25) is 0 Å². The summed E-state index contributed by atoms with van der Waals surface area (Å²) >= 11 is 3.53. The SMILES string of the molecule is CCc1nc(CN(C)C(C)c2nc(C)sc2C)cs1. The van der Waals surface area contributed by atoms with Crippen molar-refractivity contribution < 1.29 is 0 Å². The third-order valence-corrected chi connectivity index (χ3v) is 5.25. The zero-order valence-corrected chi connectivity index (χ0v) is 13.9. The Bertz CT molecular complexity index is 545. The van der Waals surface area contributed by atoms with Gasteiger partial charge in [-0.2, -0.15) is 0 Å². The lowest BCUT2D eigenvalue weighted by Crippen LogP contribution is -2.23. The molecule has 3 nitrogen and oxygen atoms in total. The second-order valence-corrected chi connectivity index (χ2v) is 7.20. The van der Waals surface area contributed by atoms with Crippen molar-refractivity contribution >= 4 is 22.7 Å². The van der Waals surface area contributed by atoms with Gasteiger partial charge >= 0.3 is 0 Å². The van der Waals surface area contributed by atoms with Crippen LogP contribution in [0.5, 0.6) is 0 Å². The number of hydrogen-bond donors (Lipinski definition) is 0. The highest BCUT2D eigenvalue weighted by atomic mass is 32.1. The van der Waals surface area contributed by atoms with Gasteiger partial charge in [-0.1, -0.05) is 6.92 Å². The average molecular weight is 295 g/mol. The highest BCUT2D eigenvalue weighted by molar-refractivity contribution is 7.11. The van der Waals surface area contributed by atoms with Gasteiger partial charge in [-0.25, -0.2) is 9.97 Å². The maximum absolute atomic E-state index is 4.65. The van der Waals surface area contributed by atoms with Crippen LogP contribution in [0.25, 0.3) is 0 Å². The van der Waals surface area contributed by atoms with Gasteiger partial charge in [0.1, 0.15) is 0 Å². The van der Waals surface area contributed by atoms with E-state index in [0.717, 1.165) is 18.0 Å². The number of thiazole rings is 2. The van der Waals surface area contributed by atoms with Gasteiger partial charge in [-0.05, 0) is 34.2 Å². The minimum Gasteiger partial charge on any atom is -0.292 e. The zero-order valence-electron chi connectivity index (χ0n) is 12.2. The van der Waals surface area contributed by atoms with E-state index in [1.54, 1.807) is 22.7 Å². The Labute approximate surface area is 123 Å². The van der Waals surface area contributed by atoms with E-state index in [0.29, 0.717) is 6.04 Å². The Morgan fingerprint density at radius 3 is 2.58 bits per heavy atom. The summed E-state index contributed by atoms with van der Waals surface area (Å²) in [6.07, 6.45) is 1.02. The van der Waals surface area contributed by atoms with Gasteiger partial charge in [0, 0.05) is 16.8 Å². The molecule has 0 bridgehead atoms. The summed E-state index contributed by atoms with van der Waals surface area (Å²) in [6, 6.07) is 0.330. The molecule has 0 saturated heterocycles. The summed E-state index contributed by atoms with van der Waals surface area (Å²) in [7, 11) is 2.14. The molecule has 0 aliphatic rings. The number of hydrogen-bond acceptors (Lipinski definition) is 5. The first-order valence-electron chi connectivity index (χ1n) is 6.58. The largest absolute Gasteiger partial charge is 0.292 e. The van der Waals surface area contributed by atoms with Gasteiger partial charge < -0.3 is 0 Å². The first-order valence-corrected chi connectivity index (χ1v) is 8.28. The first-order chi connectivity index (χ1) is 9.01. The number of rotatable bonds is 5. The Morgan fingerprint density at radius 1 is 1.32 bits per heavy atom. The van der Waals surface area contributed by atoms with Crippen molar-refractivity contribution in [3.8, 4) is 0 Å². The summed E-state index contributed by atoms with van der Waals surface area (Å²) in [5, 5.41) is 4.53. The summed E-state index contributed by atoms with van der Waals surface area (Å²) in [5.74, 6) is 0. The second kappa shape index (κ2) is 6.11. The fraction of sp³-hybridized carbons (Fsp3) is 0.571. The van der Waals surface area contributed by atoms with Crippen LogP contribution < -0.4 is 0 Å². The van der Waals surface area contributed by atoms with Crippen molar-refractivity contribution in [2.45, 2.75) is 46.7 Å². The average Bonchev–Trinajstić information content (AvgIpc) is 2.94. The maximum Gasteiger partial charge on any atom is 0.0926 e. The summed E-state index contributed by atoms with van der Waals surface area (Å²) in [6.45, 7) is 9.48. The molecular formula is C14H21N3S2. The van der Waals surface area contributed by atoms with Gasteiger partial charge in [-0.3, -0.25) is 4.90 Å². The van der Waals surface area contributed by atoms with E-state index in [2.05, 4.69) is 55.0 Å². The molecule has 0 radical (unpaired) electrons. The van der Waals surface area contributed by atoms with Crippen LogP contribution in [0.3, 0.4) is 0 Å². The standard InChI is InChI=1S/C14H21N3S2/c1-6-13-16-12(8-18-13)7-17(5)9(2)14-10(3)19-11(4)15-14/h8-9H,6-7H2,1-5H3. The normalized spacial score (nSPS) is 13.2. The highest BCUT2D eigenvalue weighted by Gasteiger charge is 2.18. The molecule has 104 valence electrons. The molecule has 0 fully saturated rings. The molecule has 0 spiro atoms. The second-order valence-electron chi connectivity index (χ2n) is 4.85. The van der Waals surface area contributed by atoms with E-state index in [4.69, 9.17) is 0 Å². The van der Waals surface area contributed by atoms with Crippen molar-refractivity contribution in [1.82, 2.24) is 14.9 Å². The fourth-order valence-electron chi connectivity index (χ4n) is 2.12. The van der Waals surface area contributed by atoms with Crippen LogP contribution in [0.2, 0.25) is 0 Å². The Kier molecular flexibility index (Phi) is 4.71. The highest BCUT2D eigenvalue weighted by Crippen LogP contribution is 2.27. The lowest BCUT2D eigenvalue weighted by atomic mass is 10.2. The minimum atomic E-state index is 0.330. The van der Waals surface area contributed by atoms with Gasteiger partial charge in [0.15, 0.2) is 0 Å².